The van der Waals surface area contributed by atoms with Gasteiger partial charge in [-0.3, -0.25) is 0 Å². The first-order valence-corrected chi connectivity index (χ1v) is 12.2. The third kappa shape index (κ3) is 9.90. The molecular formula is C20H29FIN3O2S2. The van der Waals surface area contributed by atoms with Crippen molar-refractivity contribution >= 4 is 51.1 Å². The molecule has 0 spiro atoms. The van der Waals surface area contributed by atoms with Gasteiger partial charge >= 0.3 is 0 Å². The van der Waals surface area contributed by atoms with E-state index < -0.39 is 15.7 Å². The number of nitrogens with one attached hydrogen (secondary N) is 2. The molecule has 29 heavy (non-hydrogen) atoms. The third-order valence-electron chi connectivity index (χ3n) is 4.09. The fourth-order valence-electron chi connectivity index (χ4n) is 2.79. The van der Waals surface area contributed by atoms with Gasteiger partial charge < -0.3 is 10.6 Å². The van der Waals surface area contributed by atoms with Gasteiger partial charge in [0.15, 0.2) is 15.8 Å². The van der Waals surface area contributed by atoms with Crippen molar-refractivity contribution in [2.24, 2.45) is 10.9 Å². The zero-order chi connectivity index (χ0) is 20.6. The standard InChI is InChI=1S/C20H28FN3O2S2.HI/c1-4-22-20(23-12-15(2)10-19-6-5-9-27-19)24-13-17-11-18(21)8-7-16(17)14-28(3,25)26;/h5-9,11,15H,4,10,12-14H2,1-3H3,(H2,22,23,24);1H. The average molecular weight is 554 g/mol. The molecule has 0 aliphatic rings. The Labute approximate surface area is 194 Å². The predicted octanol–water partition coefficient (Wildman–Crippen LogP) is 3.98. The zero-order valence-electron chi connectivity index (χ0n) is 16.9. The highest BCUT2D eigenvalue weighted by atomic mass is 127. The molecule has 2 N–H and O–H groups in total. The fourth-order valence-corrected chi connectivity index (χ4v) is 4.50. The molecular weight excluding hydrogens is 524 g/mol. The zero-order valence-corrected chi connectivity index (χ0v) is 20.9. The molecule has 0 saturated heterocycles. The summed E-state index contributed by atoms with van der Waals surface area (Å²) < 4.78 is 36.9. The first kappa shape index (κ1) is 25.8. The largest absolute Gasteiger partial charge is 0.357 e. The second kappa shape index (κ2) is 12.5. The number of sulfone groups is 1. The minimum absolute atomic E-state index is 0. The molecule has 0 fully saturated rings. The smallest absolute Gasteiger partial charge is 0.191 e. The average Bonchev–Trinajstić information content (AvgIpc) is 3.11. The van der Waals surface area contributed by atoms with E-state index in [4.69, 9.17) is 0 Å². The van der Waals surface area contributed by atoms with Gasteiger partial charge in [0.1, 0.15) is 5.82 Å². The van der Waals surface area contributed by atoms with Crippen LogP contribution in [0.25, 0.3) is 0 Å². The summed E-state index contributed by atoms with van der Waals surface area (Å²) in [5.74, 6) is 0.539. The topological polar surface area (TPSA) is 70.6 Å². The number of guanidine groups is 1. The van der Waals surface area contributed by atoms with Crippen LogP contribution in [0.5, 0.6) is 0 Å². The molecule has 9 heteroatoms. The Morgan fingerprint density at radius 3 is 2.62 bits per heavy atom. The molecule has 0 radical (unpaired) electrons. The number of aliphatic imine (C=N–C) groups is 1. The summed E-state index contributed by atoms with van der Waals surface area (Å²) >= 11 is 1.75. The van der Waals surface area contributed by atoms with E-state index >= 15 is 0 Å². The molecule has 162 valence electrons. The van der Waals surface area contributed by atoms with Crippen LogP contribution >= 0.6 is 35.3 Å². The number of thiophene rings is 1. The number of hydrogen-bond donors (Lipinski definition) is 2. The summed E-state index contributed by atoms with van der Waals surface area (Å²) in [6.45, 7) is 5.81. The molecule has 0 aliphatic carbocycles. The maximum atomic E-state index is 13.7. The first-order valence-electron chi connectivity index (χ1n) is 9.26. The Bertz CT molecular complexity index is 887. The Morgan fingerprint density at radius 1 is 1.24 bits per heavy atom. The number of rotatable bonds is 9. The van der Waals surface area contributed by atoms with Crippen LogP contribution in [-0.4, -0.2) is 33.7 Å². The van der Waals surface area contributed by atoms with Crippen LogP contribution in [0, 0.1) is 11.7 Å². The van der Waals surface area contributed by atoms with Crippen LogP contribution in [0.3, 0.4) is 0 Å². The summed E-state index contributed by atoms with van der Waals surface area (Å²) in [7, 11) is -3.21. The van der Waals surface area contributed by atoms with Crippen molar-refractivity contribution in [3.63, 3.8) is 0 Å². The third-order valence-corrected chi connectivity index (χ3v) is 5.82. The lowest BCUT2D eigenvalue weighted by Crippen LogP contribution is -2.39. The number of nitrogens with zero attached hydrogens (tertiary/aromatic N) is 1. The molecule has 1 aromatic carbocycles. The van der Waals surface area contributed by atoms with Gasteiger partial charge in [-0.15, -0.1) is 35.3 Å². The van der Waals surface area contributed by atoms with E-state index in [2.05, 4.69) is 40.1 Å². The maximum absolute atomic E-state index is 13.7. The molecule has 1 aromatic heterocycles. The minimum atomic E-state index is -3.21. The van der Waals surface area contributed by atoms with E-state index in [-0.39, 0.29) is 36.3 Å². The molecule has 0 saturated carbocycles. The lowest BCUT2D eigenvalue weighted by molar-refractivity contribution is 0.562. The summed E-state index contributed by atoms with van der Waals surface area (Å²) in [5, 5.41) is 8.57. The SMILES string of the molecule is CCNC(=NCc1cc(F)ccc1CS(C)(=O)=O)NCC(C)Cc1cccs1.I. The van der Waals surface area contributed by atoms with Crippen LogP contribution in [0.2, 0.25) is 0 Å². The summed E-state index contributed by atoms with van der Waals surface area (Å²) in [6, 6.07) is 8.34. The molecule has 2 rings (SSSR count). The normalized spacial score (nSPS) is 12.9. The molecule has 0 aliphatic heterocycles. The Morgan fingerprint density at radius 2 is 2.00 bits per heavy atom. The van der Waals surface area contributed by atoms with Gasteiger partial charge in [-0.2, -0.15) is 0 Å². The van der Waals surface area contributed by atoms with Gasteiger partial charge in [0, 0.05) is 24.2 Å². The quantitative estimate of drug-likeness (QED) is 0.280. The van der Waals surface area contributed by atoms with Gasteiger partial charge in [-0.25, -0.2) is 17.8 Å². The van der Waals surface area contributed by atoms with Crippen molar-refractivity contribution in [2.45, 2.75) is 32.6 Å². The van der Waals surface area contributed by atoms with Gasteiger partial charge in [0.2, 0.25) is 0 Å². The van der Waals surface area contributed by atoms with Crippen LogP contribution in [0.15, 0.2) is 40.7 Å². The van der Waals surface area contributed by atoms with E-state index in [0.29, 0.717) is 29.5 Å². The minimum Gasteiger partial charge on any atom is -0.357 e. The van der Waals surface area contributed by atoms with E-state index in [1.807, 2.05) is 6.92 Å². The lowest BCUT2D eigenvalue weighted by Gasteiger charge is -2.16. The highest BCUT2D eigenvalue weighted by Gasteiger charge is 2.11. The van der Waals surface area contributed by atoms with Crippen molar-refractivity contribution in [2.75, 3.05) is 19.3 Å². The number of hydrogen-bond acceptors (Lipinski definition) is 4. The van der Waals surface area contributed by atoms with Gasteiger partial charge in [0.05, 0.1) is 12.3 Å². The second-order valence-corrected chi connectivity index (χ2v) is 10.1. The molecule has 0 bridgehead atoms. The molecule has 1 atom stereocenters. The highest BCUT2D eigenvalue weighted by molar-refractivity contribution is 14.0. The summed E-state index contributed by atoms with van der Waals surface area (Å²) in [5.41, 5.74) is 1.16. The predicted molar refractivity (Wildman–Crippen MR) is 130 cm³/mol. The monoisotopic (exact) mass is 553 g/mol. The van der Waals surface area contributed by atoms with Crippen molar-refractivity contribution in [1.29, 1.82) is 0 Å². The van der Waals surface area contributed by atoms with Crippen LogP contribution < -0.4 is 10.6 Å². The van der Waals surface area contributed by atoms with Gasteiger partial charge in [-0.05, 0) is 54.0 Å². The molecule has 5 nitrogen and oxygen atoms in total. The van der Waals surface area contributed by atoms with Crippen LogP contribution in [-0.2, 0) is 28.6 Å². The van der Waals surface area contributed by atoms with Crippen molar-refractivity contribution < 1.29 is 12.8 Å². The molecule has 1 heterocycles. The Hall–Kier alpha value is -1.20. The van der Waals surface area contributed by atoms with Crippen molar-refractivity contribution in [1.82, 2.24) is 10.6 Å². The first-order chi connectivity index (χ1) is 13.3. The fraction of sp³-hybridized carbons (Fsp3) is 0.450. The molecule has 0 amide bonds. The molecule has 2 aromatic rings. The summed E-state index contributed by atoms with van der Waals surface area (Å²) in [6.07, 6.45) is 2.16. The maximum Gasteiger partial charge on any atom is 0.191 e. The number of benzene rings is 1. The van der Waals surface area contributed by atoms with E-state index in [9.17, 15) is 12.8 Å². The molecule has 1 unspecified atom stereocenters. The van der Waals surface area contributed by atoms with E-state index in [1.165, 1.54) is 29.3 Å². The Balaban J connectivity index is 0.00000420. The van der Waals surface area contributed by atoms with E-state index in [1.54, 1.807) is 11.3 Å². The van der Waals surface area contributed by atoms with Gasteiger partial charge in [-0.1, -0.05) is 19.1 Å². The van der Waals surface area contributed by atoms with Crippen LogP contribution in [0.4, 0.5) is 4.39 Å². The highest BCUT2D eigenvalue weighted by Crippen LogP contribution is 2.16. The number of halogens is 2. The Kier molecular flexibility index (Phi) is 11.1. The lowest BCUT2D eigenvalue weighted by atomic mass is 10.1. The van der Waals surface area contributed by atoms with Gasteiger partial charge in [0.25, 0.3) is 0 Å². The van der Waals surface area contributed by atoms with Crippen molar-refractivity contribution in [3.8, 4) is 0 Å². The van der Waals surface area contributed by atoms with E-state index in [0.717, 1.165) is 13.0 Å². The van der Waals surface area contributed by atoms with Crippen LogP contribution in [0.1, 0.15) is 29.9 Å². The second-order valence-electron chi connectivity index (χ2n) is 6.95. The summed E-state index contributed by atoms with van der Waals surface area (Å²) in [4.78, 5) is 5.87. The van der Waals surface area contributed by atoms with Crippen molar-refractivity contribution in [3.05, 3.63) is 57.5 Å².